The molecule has 0 bridgehead atoms. The van der Waals surface area contributed by atoms with Gasteiger partial charge in [-0.05, 0) is 47.2 Å². The molecule has 24 heavy (non-hydrogen) atoms. The van der Waals surface area contributed by atoms with Gasteiger partial charge in [0, 0.05) is 16.0 Å². The maximum absolute atomic E-state index is 12.7. The first-order chi connectivity index (χ1) is 11.6. The van der Waals surface area contributed by atoms with E-state index in [0.717, 1.165) is 16.2 Å². The SMILES string of the molecule is O=C(c1ccc(Cl)cc1)c1cc2c(ccc3ccccc32)oc1=O. The summed E-state index contributed by atoms with van der Waals surface area (Å²) in [6, 6.07) is 19.4. The molecule has 0 fully saturated rings. The van der Waals surface area contributed by atoms with E-state index in [-0.39, 0.29) is 11.3 Å². The fraction of sp³-hybridized carbons (Fsp3) is 0. The fourth-order valence-corrected chi connectivity index (χ4v) is 2.91. The van der Waals surface area contributed by atoms with Gasteiger partial charge in [-0.3, -0.25) is 4.79 Å². The van der Waals surface area contributed by atoms with Crippen LogP contribution in [0.5, 0.6) is 0 Å². The minimum Gasteiger partial charge on any atom is -0.422 e. The van der Waals surface area contributed by atoms with E-state index in [2.05, 4.69) is 0 Å². The highest BCUT2D eigenvalue weighted by molar-refractivity contribution is 6.30. The third-order valence-electron chi connectivity index (χ3n) is 3.99. The normalized spacial score (nSPS) is 11.0. The summed E-state index contributed by atoms with van der Waals surface area (Å²) in [5.41, 5.74) is 0.233. The molecule has 0 aliphatic carbocycles. The molecule has 1 aromatic heterocycles. The lowest BCUT2D eigenvalue weighted by atomic mass is 10.0. The second-order valence-corrected chi connectivity index (χ2v) is 5.92. The highest BCUT2D eigenvalue weighted by Gasteiger charge is 2.16. The first-order valence-electron chi connectivity index (χ1n) is 7.39. The summed E-state index contributed by atoms with van der Waals surface area (Å²) in [4.78, 5) is 24.9. The molecule has 0 unspecified atom stereocenters. The second kappa shape index (κ2) is 5.62. The Balaban J connectivity index is 1.96. The third-order valence-corrected chi connectivity index (χ3v) is 4.24. The lowest BCUT2D eigenvalue weighted by Gasteiger charge is -2.05. The van der Waals surface area contributed by atoms with Crippen molar-refractivity contribution in [3.8, 4) is 0 Å². The van der Waals surface area contributed by atoms with Gasteiger partial charge in [0.2, 0.25) is 0 Å². The molecule has 3 aromatic carbocycles. The predicted octanol–water partition coefficient (Wildman–Crippen LogP) is 4.83. The summed E-state index contributed by atoms with van der Waals surface area (Å²) < 4.78 is 5.36. The topological polar surface area (TPSA) is 47.3 Å². The molecule has 116 valence electrons. The average Bonchev–Trinajstić information content (AvgIpc) is 2.61. The molecule has 0 amide bonds. The molecule has 4 heteroatoms. The first kappa shape index (κ1) is 14.7. The summed E-state index contributed by atoms with van der Waals surface area (Å²) in [5.74, 6) is -0.379. The van der Waals surface area contributed by atoms with E-state index >= 15 is 0 Å². The molecule has 3 nitrogen and oxygen atoms in total. The molecule has 0 radical (unpaired) electrons. The van der Waals surface area contributed by atoms with Crippen LogP contribution in [0.25, 0.3) is 21.7 Å². The van der Waals surface area contributed by atoms with E-state index in [9.17, 15) is 9.59 Å². The Morgan fingerprint density at radius 3 is 2.42 bits per heavy atom. The molecule has 4 aromatic rings. The quantitative estimate of drug-likeness (QED) is 0.299. The van der Waals surface area contributed by atoms with Crippen molar-refractivity contribution in [2.75, 3.05) is 0 Å². The number of fused-ring (bicyclic) bond motifs is 3. The molecular formula is C20H11ClO3. The van der Waals surface area contributed by atoms with Crippen molar-refractivity contribution in [2.24, 2.45) is 0 Å². The number of halogens is 1. The van der Waals surface area contributed by atoms with Crippen molar-refractivity contribution < 1.29 is 9.21 Å². The fourth-order valence-electron chi connectivity index (χ4n) is 2.79. The second-order valence-electron chi connectivity index (χ2n) is 5.48. The van der Waals surface area contributed by atoms with Gasteiger partial charge >= 0.3 is 5.63 Å². The Bertz CT molecular complexity index is 1140. The van der Waals surface area contributed by atoms with E-state index < -0.39 is 5.63 Å². The van der Waals surface area contributed by atoms with Crippen LogP contribution < -0.4 is 5.63 Å². The monoisotopic (exact) mass is 334 g/mol. The van der Waals surface area contributed by atoms with Gasteiger partial charge in [-0.15, -0.1) is 0 Å². The van der Waals surface area contributed by atoms with Crippen LogP contribution in [0.2, 0.25) is 5.02 Å². The number of ketones is 1. The van der Waals surface area contributed by atoms with Crippen LogP contribution in [-0.4, -0.2) is 5.78 Å². The molecule has 0 atom stereocenters. The summed E-state index contributed by atoms with van der Waals surface area (Å²) in [7, 11) is 0. The molecule has 0 saturated carbocycles. The minimum absolute atomic E-state index is 0.0150. The maximum Gasteiger partial charge on any atom is 0.347 e. The van der Waals surface area contributed by atoms with Gasteiger partial charge in [-0.2, -0.15) is 0 Å². The number of hydrogen-bond acceptors (Lipinski definition) is 3. The first-order valence-corrected chi connectivity index (χ1v) is 7.77. The van der Waals surface area contributed by atoms with Crippen molar-refractivity contribution in [1.29, 1.82) is 0 Å². The third kappa shape index (κ3) is 2.39. The largest absolute Gasteiger partial charge is 0.422 e. The number of carbonyl (C=O) groups excluding carboxylic acids is 1. The lowest BCUT2D eigenvalue weighted by Crippen LogP contribution is -2.14. The molecule has 0 aliphatic heterocycles. The Labute approximate surface area is 142 Å². The molecule has 1 heterocycles. The number of hydrogen-bond donors (Lipinski definition) is 0. The zero-order chi connectivity index (χ0) is 16.7. The highest BCUT2D eigenvalue weighted by atomic mass is 35.5. The molecule has 0 aliphatic rings. The van der Waals surface area contributed by atoms with Gasteiger partial charge in [0.25, 0.3) is 0 Å². The van der Waals surface area contributed by atoms with Gasteiger partial charge in [0.1, 0.15) is 11.1 Å². The summed E-state index contributed by atoms with van der Waals surface area (Å²) in [6.07, 6.45) is 0. The molecule has 0 saturated heterocycles. The van der Waals surface area contributed by atoms with Crippen molar-refractivity contribution in [2.45, 2.75) is 0 Å². The summed E-state index contributed by atoms with van der Waals surface area (Å²) >= 11 is 5.85. The standard InChI is InChI=1S/C20H11ClO3/c21-14-8-5-13(6-9-14)19(22)17-11-16-15-4-2-1-3-12(15)7-10-18(16)24-20(17)23/h1-11H. The van der Waals surface area contributed by atoms with Gasteiger partial charge in [-0.1, -0.05) is 41.9 Å². The van der Waals surface area contributed by atoms with Gasteiger partial charge in [0.15, 0.2) is 5.78 Å². The van der Waals surface area contributed by atoms with Gasteiger partial charge < -0.3 is 4.42 Å². The van der Waals surface area contributed by atoms with Crippen molar-refractivity contribution in [3.05, 3.63) is 93.3 Å². The highest BCUT2D eigenvalue weighted by Crippen LogP contribution is 2.25. The van der Waals surface area contributed by atoms with Crippen LogP contribution in [0, 0.1) is 0 Å². The summed E-state index contributed by atoms with van der Waals surface area (Å²) in [6.45, 7) is 0. The van der Waals surface area contributed by atoms with Crippen LogP contribution in [0.3, 0.4) is 0 Å². The zero-order valence-corrected chi connectivity index (χ0v) is 13.2. The predicted molar refractivity (Wildman–Crippen MR) is 94.9 cm³/mol. The van der Waals surface area contributed by atoms with Crippen molar-refractivity contribution >= 4 is 39.1 Å². The Morgan fingerprint density at radius 2 is 1.62 bits per heavy atom. The molecular weight excluding hydrogens is 324 g/mol. The number of carbonyl (C=O) groups is 1. The summed E-state index contributed by atoms with van der Waals surface area (Å²) in [5, 5.41) is 3.22. The Kier molecular flexibility index (Phi) is 3.44. The van der Waals surface area contributed by atoms with Crippen molar-refractivity contribution in [1.82, 2.24) is 0 Å². The van der Waals surface area contributed by atoms with Gasteiger partial charge in [0.05, 0.1) is 0 Å². The van der Waals surface area contributed by atoms with Crippen LogP contribution in [0.1, 0.15) is 15.9 Å². The smallest absolute Gasteiger partial charge is 0.347 e. The van der Waals surface area contributed by atoms with Crippen LogP contribution >= 0.6 is 11.6 Å². The molecule has 0 N–H and O–H groups in total. The minimum atomic E-state index is -0.641. The van der Waals surface area contributed by atoms with Crippen LogP contribution in [-0.2, 0) is 0 Å². The maximum atomic E-state index is 12.7. The van der Waals surface area contributed by atoms with Crippen molar-refractivity contribution in [3.63, 3.8) is 0 Å². The molecule has 4 rings (SSSR count). The Morgan fingerprint density at radius 1 is 0.875 bits per heavy atom. The Hall–Kier alpha value is -2.91. The molecule has 0 spiro atoms. The van der Waals surface area contributed by atoms with E-state index in [0.29, 0.717) is 16.2 Å². The lowest BCUT2D eigenvalue weighted by molar-refractivity contribution is 0.103. The van der Waals surface area contributed by atoms with Crippen LogP contribution in [0.4, 0.5) is 0 Å². The van der Waals surface area contributed by atoms with Gasteiger partial charge in [-0.25, -0.2) is 4.79 Å². The van der Waals surface area contributed by atoms with E-state index in [1.807, 2.05) is 30.3 Å². The van der Waals surface area contributed by atoms with Crippen LogP contribution in [0.15, 0.2) is 75.9 Å². The number of rotatable bonds is 2. The van der Waals surface area contributed by atoms with E-state index in [1.54, 1.807) is 36.4 Å². The van der Waals surface area contributed by atoms with E-state index in [4.69, 9.17) is 16.0 Å². The average molecular weight is 335 g/mol. The zero-order valence-electron chi connectivity index (χ0n) is 12.5. The van der Waals surface area contributed by atoms with E-state index in [1.165, 1.54) is 0 Å². The number of benzene rings is 3.